The topological polar surface area (TPSA) is 84.2 Å². The molecule has 1 fully saturated rings. The number of hydrogen-bond donors (Lipinski definition) is 1. The first-order valence-corrected chi connectivity index (χ1v) is 14.0. The minimum atomic E-state index is -4.42. The minimum absolute atomic E-state index is 0.0604. The number of likely N-dealkylation sites (N-methyl/N-ethyl adjacent to an activating group) is 1. The molecule has 0 bridgehead atoms. The molecule has 0 saturated carbocycles. The van der Waals surface area contributed by atoms with Gasteiger partial charge >= 0.3 is 6.18 Å². The van der Waals surface area contributed by atoms with Crippen molar-refractivity contribution in [3.05, 3.63) is 95.0 Å². The van der Waals surface area contributed by atoms with Crippen molar-refractivity contribution in [2.45, 2.75) is 19.3 Å². The molecule has 0 radical (unpaired) electrons. The Morgan fingerprint density at radius 1 is 0.977 bits per heavy atom. The second kappa shape index (κ2) is 12.2. The number of alkyl halides is 3. The molecule has 6 rings (SSSR count). The molecule has 2 aromatic heterocycles. The summed E-state index contributed by atoms with van der Waals surface area (Å²) in [7, 11) is 2.13. The lowest BCUT2D eigenvalue weighted by Crippen LogP contribution is -2.43. The van der Waals surface area contributed by atoms with Gasteiger partial charge in [-0.25, -0.2) is 14.6 Å². The van der Waals surface area contributed by atoms with Gasteiger partial charge in [-0.05, 0) is 61.1 Å². The van der Waals surface area contributed by atoms with Gasteiger partial charge in [0.25, 0.3) is 0 Å². The first-order chi connectivity index (χ1) is 20.7. The van der Waals surface area contributed by atoms with Gasteiger partial charge in [0.2, 0.25) is 0 Å². The predicted molar refractivity (Wildman–Crippen MR) is 158 cm³/mol. The number of halogens is 4. The van der Waals surface area contributed by atoms with Gasteiger partial charge < -0.3 is 15.0 Å². The lowest BCUT2D eigenvalue weighted by Gasteiger charge is -2.31. The summed E-state index contributed by atoms with van der Waals surface area (Å²) in [4.78, 5) is 13.5. The van der Waals surface area contributed by atoms with Crippen LogP contribution in [0.2, 0.25) is 5.02 Å². The second-order valence-corrected chi connectivity index (χ2v) is 10.8. The third-order valence-corrected chi connectivity index (χ3v) is 7.54. The molecule has 0 unspecified atom stereocenters. The normalized spacial score (nSPS) is 14.7. The fraction of sp³-hybridized carbons (Fsp3) is 0.267. The number of fused-ring (bicyclic) bond motifs is 1. The zero-order chi connectivity index (χ0) is 30.0. The van der Waals surface area contributed by atoms with E-state index >= 15 is 0 Å². The van der Waals surface area contributed by atoms with Crippen molar-refractivity contribution in [3.8, 4) is 11.4 Å². The fourth-order valence-electron chi connectivity index (χ4n) is 4.85. The Kier molecular flexibility index (Phi) is 8.15. The average Bonchev–Trinajstić information content (AvgIpc) is 3.46. The highest BCUT2D eigenvalue weighted by Gasteiger charge is 2.30. The molecule has 13 heteroatoms. The van der Waals surface area contributed by atoms with E-state index in [9.17, 15) is 13.2 Å². The van der Waals surface area contributed by atoms with Gasteiger partial charge in [-0.15, -0.1) is 5.10 Å². The highest BCUT2D eigenvalue weighted by Crippen LogP contribution is 2.33. The summed E-state index contributed by atoms with van der Waals surface area (Å²) in [6.07, 6.45) is -1.01. The van der Waals surface area contributed by atoms with E-state index in [2.05, 4.69) is 42.4 Å². The third kappa shape index (κ3) is 6.87. The van der Waals surface area contributed by atoms with Crippen molar-refractivity contribution in [3.63, 3.8) is 0 Å². The molecule has 0 atom stereocenters. The maximum atomic E-state index is 13.0. The lowest BCUT2D eigenvalue weighted by atomic mass is 10.1. The Labute approximate surface area is 250 Å². The summed E-state index contributed by atoms with van der Waals surface area (Å²) in [5, 5.41) is 13.1. The van der Waals surface area contributed by atoms with Gasteiger partial charge in [-0.3, -0.25) is 4.90 Å². The van der Waals surface area contributed by atoms with E-state index < -0.39 is 11.7 Å². The number of benzene rings is 3. The predicted octanol–water partition coefficient (Wildman–Crippen LogP) is 5.95. The van der Waals surface area contributed by atoms with E-state index in [1.165, 1.54) is 12.4 Å². The van der Waals surface area contributed by atoms with Crippen molar-refractivity contribution in [2.75, 3.05) is 38.5 Å². The Balaban J connectivity index is 1.16. The number of hydrogen-bond acceptors (Lipinski definition) is 8. The zero-order valence-electron chi connectivity index (χ0n) is 23.2. The van der Waals surface area contributed by atoms with Crippen LogP contribution in [0.3, 0.4) is 0 Å². The van der Waals surface area contributed by atoms with Crippen LogP contribution in [0.15, 0.2) is 73.2 Å². The summed E-state index contributed by atoms with van der Waals surface area (Å²) in [5.74, 6) is 0.913. The Bertz CT molecular complexity index is 1740. The minimum Gasteiger partial charge on any atom is -0.487 e. The number of aromatic nitrogens is 5. The zero-order valence-corrected chi connectivity index (χ0v) is 24.0. The van der Waals surface area contributed by atoms with Crippen LogP contribution >= 0.6 is 11.6 Å². The highest BCUT2D eigenvalue weighted by molar-refractivity contribution is 6.32. The molecule has 1 N–H and O–H groups in total. The maximum Gasteiger partial charge on any atom is 0.416 e. The lowest BCUT2D eigenvalue weighted by molar-refractivity contribution is -0.137. The molecule has 222 valence electrons. The number of nitrogens with zero attached hydrogens (tertiary/aromatic N) is 7. The van der Waals surface area contributed by atoms with E-state index in [1.807, 2.05) is 24.4 Å². The van der Waals surface area contributed by atoms with Crippen molar-refractivity contribution >= 4 is 34.0 Å². The first kappa shape index (κ1) is 28.8. The van der Waals surface area contributed by atoms with Crippen LogP contribution < -0.4 is 10.1 Å². The van der Waals surface area contributed by atoms with Crippen LogP contribution in [-0.4, -0.2) is 68.0 Å². The molecule has 1 aliphatic rings. The van der Waals surface area contributed by atoms with E-state index in [4.69, 9.17) is 16.3 Å². The smallest absolute Gasteiger partial charge is 0.416 e. The summed E-state index contributed by atoms with van der Waals surface area (Å²) >= 11 is 6.47. The molecule has 1 saturated heterocycles. The number of nitrogens with one attached hydrogen (secondary N) is 1. The summed E-state index contributed by atoms with van der Waals surface area (Å²) < 4.78 is 46.5. The van der Waals surface area contributed by atoms with E-state index in [-0.39, 0.29) is 6.61 Å². The molecular weight excluding hydrogens is 581 g/mol. The van der Waals surface area contributed by atoms with Crippen LogP contribution in [0, 0.1) is 0 Å². The molecule has 3 heterocycles. The molecular formula is C30H28ClF3N8O. The van der Waals surface area contributed by atoms with Gasteiger partial charge in [0, 0.05) is 43.8 Å². The Hall–Kier alpha value is -4.26. The largest absolute Gasteiger partial charge is 0.487 e. The van der Waals surface area contributed by atoms with Crippen molar-refractivity contribution in [1.29, 1.82) is 0 Å². The van der Waals surface area contributed by atoms with E-state index in [1.54, 1.807) is 28.9 Å². The van der Waals surface area contributed by atoms with E-state index in [0.717, 1.165) is 67.1 Å². The van der Waals surface area contributed by atoms with Crippen molar-refractivity contribution < 1.29 is 17.9 Å². The molecule has 0 amide bonds. The maximum absolute atomic E-state index is 13.0. The Morgan fingerprint density at radius 2 is 1.81 bits per heavy atom. The molecule has 1 aliphatic heterocycles. The van der Waals surface area contributed by atoms with Gasteiger partial charge in [0.15, 0.2) is 0 Å². The molecule has 0 spiro atoms. The van der Waals surface area contributed by atoms with Crippen LogP contribution in [0.4, 0.5) is 24.7 Å². The summed E-state index contributed by atoms with van der Waals surface area (Å²) in [6.45, 7) is 4.76. The summed E-state index contributed by atoms with van der Waals surface area (Å²) in [5.41, 5.74) is 2.77. The molecule has 3 aromatic carbocycles. The highest BCUT2D eigenvalue weighted by atomic mass is 35.5. The first-order valence-electron chi connectivity index (χ1n) is 13.6. The standard InChI is InChI=1S/C30H28ClF3N8O/c1-40-9-11-41(12-10-40)16-23-17-42(39-38-23)24-6-7-27-25(15-24)29(36-19-35-27)37-22-5-8-28(26(31)14-22)43-18-20-3-2-4-21(13-20)30(32,33)34/h2-8,13-15,17,19H,9-12,16,18H2,1H3,(H,35,36,37). The van der Waals surface area contributed by atoms with Gasteiger partial charge in [-0.2, -0.15) is 13.2 Å². The van der Waals surface area contributed by atoms with Crippen LogP contribution in [0.1, 0.15) is 16.8 Å². The van der Waals surface area contributed by atoms with Crippen molar-refractivity contribution in [1.82, 2.24) is 34.8 Å². The molecule has 9 nitrogen and oxygen atoms in total. The number of ether oxygens (including phenoxy) is 1. The van der Waals surface area contributed by atoms with Crippen LogP contribution in [-0.2, 0) is 19.3 Å². The SMILES string of the molecule is CN1CCN(Cc2cn(-c3ccc4ncnc(Nc5ccc(OCc6cccc(C(F)(F)F)c6)c(Cl)c5)c4c3)nn2)CC1. The number of rotatable bonds is 8. The molecule has 5 aromatic rings. The summed E-state index contributed by atoms with van der Waals surface area (Å²) in [6, 6.07) is 15.9. The van der Waals surface area contributed by atoms with Gasteiger partial charge in [0.1, 0.15) is 24.5 Å². The van der Waals surface area contributed by atoms with Crippen LogP contribution in [0.5, 0.6) is 5.75 Å². The van der Waals surface area contributed by atoms with E-state index in [0.29, 0.717) is 27.8 Å². The Morgan fingerprint density at radius 3 is 2.60 bits per heavy atom. The third-order valence-electron chi connectivity index (χ3n) is 7.25. The molecule has 0 aliphatic carbocycles. The van der Waals surface area contributed by atoms with Gasteiger partial charge in [-0.1, -0.05) is 28.9 Å². The van der Waals surface area contributed by atoms with Gasteiger partial charge in [0.05, 0.1) is 33.7 Å². The second-order valence-electron chi connectivity index (χ2n) is 10.4. The average molecular weight is 609 g/mol. The van der Waals surface area contributed by atoms with Crippen molar-refractivity contribution in [2.24, 2.45) is 0 Å². The fourth-order valence-corrected chi connectivity index (χ4v) is 5.08. The quantitative estimate of drug-likeness (QED) is 0.231. The molecule has 43 heavy (non-hydrogen) atoms. The monoisotopic (exact) mass is 608 g/mol. The number of piperazine rings is 1. The van der Waals surface area contributed by atoms with Crippen LogP contribution in [0.25, 0.3) is 16.6 Å². The number of anilines is 2.